The first kappa shape index (κ1) is 28.2. The molecule has 2 unspecified atom stereocenters. The molecule has 0 bridgehead atoms. The van der Waals surface area contributed by atoms with Gasteiger partial charge in [0.25, 0.3) is 0 Å². The summed E-state index contributed by atoms with van der Waals surface area (Å²) in [6.45, 7) is 0. The van der Waals surface area contributed by atoms with Crippen LogP contribution < -0.4 is 0 Å². The number of Topliss-reactive ketones (excluding diaryl/α,β-unsaturated/α-hetero) is 2. The third-order valence-corrected chi connectivity index (χ3v) is 7.38. The van der Waals surface area contributed by atoms with Crippen LogP contribution in [0.1, 0.15) is 35.8 Å². The average molecular weight is 567 g/mol. The van der Waals surface area contributed by atoms with Crippen LogP contribution in [0.4, 0.5) is 0 Å². The van der Waals surface area contributed by atoms with Crippen molar-refractivity contribution in [2.45, 2.75) is 24.7 Å². The summed E-state index contributed by atoms with van der Waals surface area (Å²) >= 11 is 0. The maximum Gasteiger partial charge on any atom is 0.306 e. The molecule has 2 aromatic carbocycles. The quantitative estimate of drug-likeness (QED) is 0.229. The highest BCUT2D eigenvalue weighted by molar-refractivity contribution is 6.24. The molecule has 10 nitrogen and oxygen atoms in total. The average Bonchev–Trinajstić information content (AvgIpc) is 3.02. The molecule has 212 valence electrons. The number of benzene rings is 2. The van der Waals surface area contributed by atoms with Crippen LogP contribution in [-0.2, 0) is 28.7 Å². The lowest BCUT2D eigenvalue weighted by Crippen LogP contribution is -2.31. The third-order valence-electron chi connectivity index (χ3n) is 7.38. The lowest BCUT2D eigenvalue weighted by molar-refractivity contribution is -0.142. The van der Waals surface area contributed by atoms with E-state index in [2.05, 4.69) is 9.97 Å². The number of hydrogen-bond acceptors (Lipinski definition) is 10. The first-order valence-corrected chi connectivity index (χ1v) is 13.0. The van der Waals surface area contributed by atoms with Crippen molar-refractivity contribution in [1.82, 2.24) is 9.97 Å². The molecule has 2 aromatic heterocycles. The number of ketones is 2. The van der Waals surface area contributed by atoms with Crippen molar-refractivity contribution in [3.63, 3.8) is 0 Å². The number of allylic oxidation sites excluding steroid dienone is 2. The van der Waals surface area contributed by atoms with Gasteiger partial charge in [-0.25, -0.2) is 0 Å². The molecule has 2 atom stereocenters. The van der Waals surface area contributed by atoms with Crippen LogP contribution in [0.15, 0.2) is 95.7 Å². The topological polar surface area (TPSA) is 153 Å². The second-order valence-electron chi connectivity index (χ2n) is 9.76. The van der Waals surface area contributed by atoms with Gasteiger partial charge in [0.1, 0.15) is 0 Å². The number of nitrogens with zero attached hydrogens (tertiary/aromatic N) is 2. The van der Waals surface area contributed by atoms with Crippen LogP contribution in [-0.4, -0.2) is 57.9 Å². The summed E-state index contributed by atoms with van der Waals surface area (Å²) in [4.78, 5) is 61.0. The Kier molecular flexibility index (Phi) is 7.79. The second-order valence-corrected chi connectivity index (χ2v) is 9.76. The number of carbonyl (C=O) groups is 4. The number of pyridine rings is 2. The minimum absolute atomic E-state index is 0.396. The van der Waals surface area contributed by atoms with Crippen molar-refractivity contribution >= 4 is 45.3 Å². The largest absolute Gasteiger partial charge is 0.504 e. The number of methoxy groups -OCH3 is 2. The zero-order valence-electron chi connectivity index (χ0n) is 22.7. The third kappa shape index (κ3) is 5.22. The Labute approximate surface area is 239 Å². The van der Waals surface area contributed by atoms with Crippen LogP contribution in [0, 0.1) is 0 Å². The molecule has 42 heavy (non-hydrogen) atoms. The maximum absolute atomic E-state index is 13.8. The Balaban J connectivity index is 1.63. The summed E-state index contributed by atoms with van der Waals surface area (Å²) in [5.74, 6) is -7.60. The molecule has 10 heteroatoms. The molecule has 0 fully saturated rings. The van der Waals surface area contributed by atoms with E-state index in [0.29, 0.717) is 32.9 Å². The van der Waals surface area contributed by atoms with E-state index >= 15 is 0 Å². The molecular formula is C32H26N2O8. The molecule has 4 aromatic rings. The fourth-order valence-electron chi connectivity index (χ4n) is 5.26. The zero-order chi connectivity index (χ0) is 30.0. The number of esters is 2. The molecule has 0 saturated carbocycles. The Hall–Kier alpha value is -5.38. The van der Waals surface area contributed by atoms with Crippen molar-refractivity contribution < 1.29 is 38.9 Å². The van der Waals surface area contributed by atoms with E-state index in [1.165, 1.54) is 14.2 Å². The lowest BCUT2D eigenvalue weighted by Gasteiger charge is -2.27. The first-order valence-electron chi connectivity index (χ1n) is 13.0. The number of fused-ring (bicyclic) bond motifs is 2. The van der Waals surface area contributed by atoms with Crippen molar-refractivity contribution in [3.05, 3.63) is 107 Å². The monoisotopic (exact) mass is 566 g/mol. The maximum atomic E-state index is 13.8. The van der Waals surface area contributed by atoms with Crippen molar-refractivity contribution in [2.75, 3.05) is 14.2 Å². The Morgan fingerprint density at radius 2 is 1.10 bits per heavy atom. The van der Waals surface area contributed by atoms with Gasteiger partial charge in [0.15, 0.2) is 11.5 Å². The van der Waals surface area contributed by atoms with Gasteiger partial charge in [0.2, 0.25) is 11.6 Å². The summed E-state index contributed by atoms with van der Waals surface area (Å²) in [7, 11) is 2.36. The number of aliphatic hydroxyl groups is 2. The van der Waals surface area contributed by atoms with E-state index in [9.17, 15) is 29.4 Å². The molecule has 0 amide bonds. The van der Waals surface area contributed by atoms with Gasteiger partial charge < -0.3 is 19.7 Å². The molecule has 1 aliphatic rings. The summed E-state index contributed by atoms with van der Waals surface area (Å²) in [5, 5.41) is 23.9. The highest BCUT2D eigenvalue weighted by Gasteiger charge is 2.43. The smallest absolute Gasteiger partial charge is 0.306 e. The Bertz CT molecular complexity index is 1690. The van der Waals surface area contributed by atoms with E-state index in [-0.39, 0.29) is 0 Å². The van der Waals surface area contributed by atoms with Crippen LogP contribution in [0.2, 0.25) is 0 Å². The van der Waals surface area contributed by atoms with Crippen LogP contribution in [0.5, 0.6) is 0 Å². The van der Waals surface area contributed by atoms with Gasteiger partial charge in [-0.3, -0.25) is 29.1 Å². The van der Waals surface area contributed by atoms with E-state index < -0.39 is 70.8 Å². The molecule has 2 N–H and O–H groups in total. The molecular weight excluding hydrogens is 540 g/mol. The molecule has 0 aliphatic heterocycles. The number of ether oxygens (including phenoxy) is 2. The lowest BCUT2D eigenvalue weighted by atomic mass is 9.75. The molecule has 0 spiro atoms. The fourth-order valence-corrected chi connectivity index (χ4v) is 5.26. The number of carbonyl (C=O) groups excluding carboxylic acids is 4. The number of rotatable bonds is 8. The van der Waals surface area contributed by atoms with E-state index in [4.69, 9.17) is 9.47 Å². The highest BCUT2D eigenvalue weighted by atomic mass is 16.5. The summed E-state index contributed by atoms with van der Waals surface area (Å²) < 4.78 is 9.66. The van der Waals surface area contributed by atoms with Gasteiger partial charge in [-0.05, 0) is 47.5 Å². The van der Waals surface area contributed by atoms with Crippen molar-refractivity contribution in [3.8, 4) is 0 Å². The van der Waals surface area contributed by atoms with E-state index in [1.807, 2.05) is 0 Å². The van der Waals surface area contributed by atoms with Gasteiger partial charge in [0.05, 0.1) is 49.2 Å². The van der Waals surface area contributed by atoms with Crippen LogP contribution in [0.3, 0.4) is 0 Å². The van der Waals surface area contributed by atoms with Gasteiger partial charge in [-0.15, -0.1) is 0 Å². The molecule has 0 saturated heterocycles. The normalized spacial score (nSPS) is 15.2. The highest BCUT2D eigenvalue weighted by Crippen LogP contribution is 2.41. The van der Waals surface area contributed by atoms with Crippen LogP contribution >= 0.6 is 0 Å². The van der Waals surface area contributed by atoms with Gasteiger partial charge >= 0.3 is 11.9 Å². The molecule has 2 heterocycles. The van der Waals surface area contributed by atoms with Gasteiger partial charge in [-0.1, -0.05) is 24.3 Å². The zero-order valence-corrected chi connectivity index (χ0v) is 22.7. The summed E-state index contributed by atoms with van der Waals surface area (Å²) in [6.07, 6.45) is 2.44. The number of aliphatic hydroxyl groups excluding tert-OH is 2. The van der Waals surface area contributed by atoms with Crippen molar-refractivity contribution in [2.24, 2.45) is 0 Å². The second kappa shape index (κ2) is 11.6. The van der Waals surface area contributed by atoms with E-state index in [1.54, 1.807) is 73.1 Å². The van der Waals surface area contributed by atoms with E-state index in [0.717, 1.165) is 0 Å². The van der Waals surface area contributed by atoms with Crippen LogP contribution in [0.25, 0.3) is 21.8 Å². The Morgan fingerprint density at radius 1 is 0.690 bits per heavy atom. The van der Waals surface area contributed by atoms with Gasteiger partial charge in [-0.2, -0.15) is 0 Å². The predicted molar refractivity (Wildman–Crippen MR) is 152 cm³/mol. The summed E-state index contributed by atoms with van der Waals surface area (Å²) in [6, 6.07) is 17.0. The van der Waals surface area contributed by atoms with Gasteiger partial charge in [0, 0.05) is 35.0 Å². The predicted octanol–water partition coefficient (Wildman–Crippen LogP) is 4.55. The molecule has 0 radical (unpaired) electrons. The number of aromatic nitrogens is 2. The molecule has 1 aliphatic carbocycles. The molecule has 5 rings (SSSR count). The fraction of sp³-hybridized carbons (Fsp3) is 0.188. The minimum atomic E-state index is -1.13. The minimum Gasteiger partial charge on any atom is -0.504 e. The Morgan fingerprint density at radius 3 is 1.48 bits per heavy atom. The first-order chi connectivity index (χ1) is 20.2. The summed E-state index contributed by atoms with van der Waals surface area (Å²) in [5.41, 5.74) is 1.26. The number of hydrogen-bond donors (Lipinski definition) is 2. The van der Waals surface area contributed by atoms with Crippen molar-refractivity contribution in [1.29, 1.82) is 0 Å². The standard InChI is InChI=1S/C32H26N2O8/c1-41-25(35)15-21(17-7-9-23-19(13-17)5-3-11-33-23)27-29(37)31(39)28(32(40)30(27)38)22(16-26(36)42-2)18-8-10-24-20(14-18)6-4-12-34-24/h3-14,21-22,37,40H,15-16H2,1-2H3. The SMILES string of the molecule is COC(=O)CC(C1=C(O)C(=O)C(C(CC(=O)OC)c2ccc3ncccc3c2)=C(O)C1=O)c1ccc2ncccc2c1.